The zero-order valence-electron chi connectivity index (χ0n) is 15.3. The van der Waals surface area contributed by atoms with Gasteiger partial charge in [-0.1, -0.05) is 96.5 Å². The number of hydrogen-bond donors (Lipinski definition) is 0. The minimum atomic E-state index is 1.25. The molecule has 0 unspecified atom stereocenters. The SMILES string of the molecule is CC.CC.CCC.Cc1ccc(-c2ccccc2)cc1C. The van der Waals surface area contributed by atoms with Gasteiger partial charge in [-0.2, -0.15) is 0 Å². The van der Waals surface area contributed by atoms with E-state index in [1.54, 1.807) is 0 Å². The Hall–Kier alpha value is -1.56. The molecule has 0 spiro atoms. The highest BCUT2D eigenvalue weighted by molar-refractivity contribution is 5.64. The van der Waals surface area contributed by atoms with Crippen molar-refractivity contribution < 1.29 is 0 Å². The van der Waals surface area contributed by atoms with Crippen molar-refractivity contribution in [1.82, 2.24) is 0 Å². The van der Waals surface area contributed by atoms with E-state index in [9.17, 15) is 0 Å². The summed E-state index contributed by atoms with van der Waals surface area (Å²) in [7, 11) is 0. The largest absolute Gasteiger partial charge is 0.0683 e. The van der Waals surface area contributed by atoms with Crippen molar-refractivity contribution >= 4 is 0 Å². The first-order valence-electron chi connectivity index (χ1n) is 8.31. The Labute approximate surface area is 133 Å². The molecular formula is C21H34. The second kappa shape index (κ2) is 14.8. The van der Waals surface area contributed by atoms with Gasteiger partial charge in [-0.05, 0) is 36.1 Å². The van der Waals surface area contributed by atoms with Crippen LogP contribution in [0.1, 0.15) is 59.1 Å². The molecule has 0 aromatic heterocycles. The summed E-state index contributed by atoms with van der Waals surface area (Å²) in [6, 6.07) is 17.1. The number of benzene rings is 2. The van der Waals surface area contributed by atoms with Crippen molar-refractivity contribution in [3.05, 3.63) is 59.7 Å². The van der Waals surface area contributed by atoms with E-state index in [-0.39, 0.29) is 0 Å². The lowest BCUT2D eigenvalue weighted by atomic mass is 10.0. The van der Waals surface area contributed by atoms with Gasteiger partial charge in [0.25, 0.3) is 0 Å². The van der Waals surface area contributed by atoms with Crippen molar-refractivity contribution in [3.8, 4) is 11.1 Å². The first kappa shape index (κ1) is 21.7. The molecule has 118 valence electrons. The molecule has 0 aliphatic carbocycles. The Morgan fingerprint density at radius 1 is 0.619 bits per heavy atom. The summed E-state index contributed by atoms with van der Waals surface area (Å²) in [5.41, 5.74) is 5.29. The lowest BCUT2D eigenvalue weighted by molar-refractivity contribution is 1.09. The van der Waals surface area contributed by atoms with E-state index < -0.39 is 0 Å². The van der Waals surface area contributed by atoms with Gasteiger partial charge in [0.15, 0.2) is 0 Å². The number of hydrogen-bond acceptors (Lipinski definition) is 0. The normalized spacial score (nSPS) is 8.19. The molecule has 0 amide bonds. The van der Waals surface area contributed by atoms with Gasteiger partial charge in [-0.25, -0.2) is 0 Å². The quantitative estimate of drug-likeness (QED) is 0.511. The summed E-state index contributed by atoms with van der Waals surface area (Å²) in [4.78, 5) is 0. The van der Waals surface area contributed by atoms with Crippen LogP contribution in [0.25, 0.3) is 11.1 Å². The van der Waals surface area contributed by atoms with E-state index in [4.69, 9.17) is 0 Å². The van der Waals surface area contributed by atoms with Crippen LogP contribution in [0.5, 0.6) is 0 Å². The van der Waals surface area contributed by atoms with E-state index >= 15 is 0 Å². The number of rotatable bonds is 1. The van der Waals surface area contributed by atoms with E-state index in [0.717, 1.165) is 0 Å². The van der Waals surface area contributed by atoms with Crippen LogP contribution in [0, 0.1) is 13.8 Å². The molecule has 0 aliphatic rings. The van der Waals surface area contributed by atoms with Crippen molar-refractivity contribution in [2.24, 2.45) is 0 Å². The third-order valence-corrected chi connectivity index (χ3v) is 2.61. The zero-order valence-corrected chi connectivity index (χ0v) is 15.3. The third kappa shape index (κ3) is 9.07. The van der Waals surface area contributed by atoms with E-state index in [0.29, 0.717) is 0 Å². The molecule has 2 aromatic carbocycles. The molecule has 2 aromatic rings. The van der Waals surface area contributed by atoms with Crippen LogP contribution >= 0.6 is 0 Å². The Morgan fingerprint density at radius 3 is 1.52 bits per heavy atom. The molecule has 21 heavy (non-hydrogen) atoms. The highest BCUT2D eigenvalue weighted by atomic mass is 14.0. The summed E-state index contributed by atoms with van der Waals surface area (Å²) in [6.45, 7) is 16.5. The fourth-order valence-corrected chi connectivity index (χ4v) is 1.55. The van der Waals surface area contributed by atoms with Gasteiger partial charge in [0.2, 0.25) is 0 Å². The van der Waals surface area contributed by atoms with Gasteiger partial charge in [-0.15, -0.1) is 0 Å². The van der Waals surface area contributed by atoms with Crippen LogP contribution in [-0.4, -0.2) is 0 Å². The van der Waals surface area contributed by atoms with Gasteiger partial charge in [0, 0.05) is 0 Å². The van der Waals surface area contributed by atoms with Gasteiger partial charge in [-0.3, -0.25) is 0 Å². The van der Waals surface area contributed by atoms with Gasteiger partial charge < -0.3 is 0 Å². The molecule has 0 saturated heterocycles. The zero-order chi connectivity index (χ0) is 16.7. The molecule has 0 nitrogen and oxygen atoms in total. The predicted octanol–water partition coefficient (Wildman–Crippen LogP) is 7.44. The smallest absolute Gasteiger partial charge is 0.0181 e. The lowest BCUT2D eigenvalue weighted by Crippen LogP contribution is -1.82. The standard InChI is InChI=1S/C14H14.C3H8.2C2H6/c1-11-8-9-14(10-12(11)2)13-6-4-3-5-7-13;1-3-2;2*1-2/h3-10H,1-2H3;3H2,1-2H3;2*1-2H3. The highest BCUT2D eigenvalue weighted by Gasteiger charge is 1.97. The molecule has 0 bridgehead atoms. The summed E-state index contributed by atoms with van der Waals surface area (Å²) in [6.07, 6.45) is 1.25. The fourth-order valence-electron chi connectivity index (χ4n) is 1.55. The molecule has 0 heterocycles. The molecule has 2 rings (SSSR count). The molecule has 0 heteroatoms. The second-order valence-electron chi connectivity index (χ2n) is 4.37. The summed E-state index contributed by atoms with van der Waals surface area (Å²) in [5, 5.41) is 0. The van der Waals surface area contributed by atoms with Crippen LogP contribution in [0.4, 0.5) is 0 Å². The van der Waals surface area contributed by atoms with Gasteiger partial charge in [0.05, 0.1) is 0 Å². The van der Waals surface area contributed by atoms with E-state index in [1.807, 2.05) is 33.8 Å². The summed E-state index contributed by atoms with van der Waals surface area (Å²) < 4.78 is 0. The summed E-state index contributed by atoms with van der Waals surface area (Å²) in [5.74, 6) is 0. The van der Waals surface area contributed by atoms with Crippen molar-refractivity contribution in [3.63, 3.8) is 0 Å². The maximum absolute atomic E-state index is 2.24. The van der Waals surface area contributed by atoms with E-state index in [2.05, 4.69) is 70.2 Å². The first-order chi connectivity index (χ1) is 10.2. The monoisotopic (exact) mass is 286 g/mol. The average molecular weight is 287 g/mol. The van der Waals surface area contributed by atoms with Crippen molar-refractivity contribution in [1.29, 1.82) is 0 Å². The minimum Gasteiger partial charge on any atom is -0.0683 e. The minimum absolute atomic E-state index is 1.25. The molecule has 0 atom stereocenters. The maximum Gasteiger partial charge on any atom is -0.0181 e. The maximum atomic E-state index is 2.24. The molecular weight excluding hydrogens is 252 g/mol. The van der Waals surface area contributed by atoms with Crippen molar-refractivity contribution in [2.45, 2.75) is 61.8 Å². The van der Waals surface area contributed by atoms with Gasteiger partial charge >= 0.3 is 0 Å². The van der Waals surface area contributed by atoms with Gasteiger partial charge in [0.1, 0.15) is 0 Å². The Morgan fingerprint density at radius 2 is 1.10 bits per heavy atom. The van der Waals surface area contributed by atoms with Crippen LogP contribution in [0.3, 0.4) is 0 Å². The molecule has 0 saturated carbocycles. The summed E-state index contributed by atoms with van der Waals surface area (Å²) >= 11 is 0. The van der Waals surface area contributed by atoms with Crippen LogP contribution in [-0.2, 0) is 0 Å². The Kier molecular flexibility index (Phi) is 15.4. The molecule has 0 N–H and O–H groups in total. The lowest BCUT2D eigenvalue weighted by Gasteiger charge is -2.04. The highest BCUT2D eigenvalue weighted by Crippen LogP contribution is 2.21. The number of aryl methyl sites for hydroxylation is 2. The van der Waals surface area contributed by atoms with Crippen LogP contribution in [0.2, 0.25) is 0 Å². The second-order valence-corrected chi connectivity index (χ2v) is 4.37. The third-order valence-electron chi connectivity index (χ3n) is 2.61. The van der Waals surface area contributed by atoms with Crippen LogP contribution in [0.15, 0.2) is 48.5 Å². The molecule has 0 aliphatic heterocycles. The first-order valence-corrected chi connectivity index (χ1v) is 8.31. The Balaban J connectivity index is 0. The topological polar surface area (TPSA) is 0 Å². The average Bonchev–Trinajstić information content (AvgIpc) is 2.55. The van der Waals surface area contributed by atoms with Crippen molar-refractivity contribution in [2.75, 3.05) is 0 Å². The van der Waals surface area contributed by atoms with Crippen LogP contribution < -0.4 is 0 Å². The predicted molar refractivity (Wildman–Crippen MR) is 100 cm³/mol. The molecule has 0 radical (unpaired) electrons. The fraction of sp³-hybridized carbons (Fsp3) is 0.429. The Bertz CT molecular complexity index is 441. The molecule has 0 fully saturated rings. The van der Waals surface area contributed by atoms with E-state index in [1.165, 1.54) is 28.7 Å².